The second-order valence-corrected chi connectivity index (χ2v) is 3.58. The summed E-state index contributed by atoms with van der Waals surface area (Å²) in [6.07, 6.45) is 0. The molecule has 2 rings (SSSR count). The van der Waals surface area contributed by atoms with E-state index in [0.29, 0.717) is 6.07 Å². The molecule has 0 amide bonds. The third-order valence-corrected chi connectivity index (χ3v) is 2.45. The Labute approximate surface area is 102 Å². The highest BCUT2D eigenvalue weighted by molar-refractivity contribution is 5.72. The summed E-state index contributed by atoms with van der Waals surface area (Å²) in [6.45, 7) is 0. The minimum Gasteiger partial charge on any atom is -0.507 e. The fourth-order valence-electron chi connectivity index (χ4n) is 1.58. The van der Waals surface area contributed by atoms with Crippen LogP contribution in [-0.2, 0) is 0 Å². The van der Waals surface area contributed by atoms with Gasteiger partial charge >= 0.3 is 0 Å². The number of hydrogen-bond acceptors (Lipinski definition) is 1. The first kappa shape index (κ1) is 13.3. The molecule has 0 aliphatic rings. The Balaban J connectivity index is 2.92. The molecule has 0 heterocycles. The van der Waals surface area contributed by atoms with Gasteiger partial charge in [0.25, 0.3) is 0 Å². The number of hydrogen-bond donors (Lipinski definition) is 1. The zero-order valence-corrected chi connectivity index (χ0v) is 8.95. The first-order valence-corrected chi connectivity index (χ1v) is 4.85. The summed E-state index contributed by atoms with van der Waals surface area (Å²) in [7, 11) is 0. The van der Waals surface area contributed by atoms with E-state index in [9.17, 15) is 31.4 Å². The standard InChI is InChI=1S/C12H4F6O/c13-4-2-1-3-5(19)6(4)7-8(14)10(16)12(18)11(17)9(7)15/h1-3,19H. The van der Waals surface area contributed by atoms with Crippen LogP contribution in [0.15, 0.2) is 18.2 Å². The van der Waals surface area contributed by atoms with Gasteiger partial charge in [-0.3, -0.25) is 0 Å². The van der Waals surface area contributed by atoms with Crippen molar-refractivity contribution >= 4 is 0 Å². The molecule has 7 heteroatoms. The molecule has 0 unspecified atom stereocenters. The van der Waals surface area contributed by atoms with E-state index in [1.54, 1.807) is 0 Å². The Morgan fingerprint density at radius 2 is 1.11 bits per heavy atom. The Morgan fingerprint density at radius 1 is 0.632 bits per heavy atom. The maximum atomic E-state index is 13.4. The number of phenolic OH excluding ortho intramolecular Hbond substituents is 1. The SMILES string of the molecule is Oc1cccc(F)c1-c1c(F)c(F)c(F)c(F)c1F. The largest absolute Gasteiger partial charge is 0.507 e. The van der Waals surface area contributed by atoms with Crippen molar-refractivity contribution in [2.45, 2.75) is 0 Å². The van der Waals surface area contributed by atoms with Gasteiger partial charge in [-0.05, 0) is 12.1 Å². The van der Waals surface area contributed by atoms with E-state index < -0.39 is 51.8 Å². The van der Waals surface area contributed by atoms with E-state index in [0.717, 1.165) is 12.1 Å². The van der Waals surface area contributed by atoms with Crippen LogP contribution in [0, 0.1) is 34.9 Å². The van der Waals surface area contributed by atoms with Crippen LogP contribution in [-0.4, -0.2) is 5.11 Å². The molecule has 0 aliphatic heterocycles. The molecule has 19 heavy (non-hydrogen) atoms. The molecule has 0 spiro atoms. The lowest BCUT2D eigenvalue weighted by atomic mass is 10.0. The predicted molar refractivity (Wildman–Crippen MR) is 53.3 cm³/mol. The summed E-state index contributed by atoms with van der Waals surface area (Å²) in [4.78, 5) is 0. The van der Waals surface area contributed by atoms with Crippen LogP contribution in [0.3, 0.4) is 0 Å². The van der Waals surface area contributed by atoms with Gasteiger partial charge in [0, 0.05) is 0 Å². The van der Waals surface area contributed by atoms with E-state index in [1.165, 1.54) is 0 Å². The summed E-state index contributed by atoms with van der Waals surface area (Å²) < 4.78 is 79.1. The molecule has 2 aromatic rings. The maximum absolute atomic E-state index is 13.4. The molecule has 0 atom stereocenters. The first-order chi connectivity index (χ1) is 8.86. The highest BCUT2D eigenvalue weighted by atomic mass is 19.2. The second kappa shape index (κ2) is 4.49. The van der Waals surface area contributed by atoms with Gasteiger partial charge in [0.15, 0.2) is 23.3 Å². The lowest BCUT2D eigenvalue weighted by Gasteiger charge is -2.10. The van der Waals surface area contributed by atoms with Crippen LogP contribution in [0.25, 0.3) is 11.1 Å². The van der Waals surface area contributed by atoms with Crippen LogP contribution < -0.4 is 0 Å². The van der Waals surface area contributed by atoms with Crippen molar-refractivity contribution < 1.29 is 31.4 Å². The average molecular weight is 278 g/mol. The summed E-state index contributed by atoms with van der Waals surface area (Å²) in [6, 6.07) is 2.59. The van der Waals surface area contributed by atoms with Crippen LogP contribution in [0.1, 0.15) is 0 Å². The van der Waals surface area contributed by atoms with E-state index in [-0.39, 0.29) is 0 Å². The number of rotatable bonds is 1. The molecule has 0 fully saturated rings. The summed E-state index contributed by atoms with van der Waals surface area (Å²) in [5.74, 6) is -13.5. The van der Waals surface area contributed by atoms with Crippen molar-refractivity contribution in [3.05, 3.63) is 53.1 Å². The minimum absolute atomic E-state index is 0.715. The highest BCUT2D eigenvalue weighted by Gasteiger charge is 2.29. The maximum Gasteiger partial charge on any atom is 0.200 e. The average Bonchev–Trinajstić information content (AvgIpc) is 2.37. The lowest BCUT2D eigenvalue weighted by molar-refractivity contribution is 0.380. The van der Waals surface area contributed by atoms with Crippen molar-refractivity contribution in [2.75, 3.05) is 0 Å². The van der Waals surface area contributed by atoms with Crippen LogP contribution in [0.4, 0.5) is 26.3 Å². The van der Waals surface area contributed by atoms with Gasteiger partial charge in [0.2, 0.25) is 5.82 Å². The van der Waals surface area contributed by atoms with Gasteiger partial charge in [-0.15, -0.1) is 0 Å². The number of benzene rings is 2. The molecule has 1 nitrogen and oxygen atoms in total. The minimum atomic E-state index is -2.35. The van der Waals surface area contributed by atoms with Crippen molar-refractivity contribution in [3.63, 3.8) is 0 Å². The van der Waals surface area contributed by atoms with E-state index in [4.69, 9.17) is 0 Å². The topological polar surface area (TPSA) is 20.2 Å². The van der Waals surface area contributed by atoms with E-state index >= 15 is 0 Å². The molecule has 0 saturated carbocycles. The van der Waals surface area contributed by atoms with Crippen LogP contribution in [0.2, 0.25) is 0 Å². The Bertz CT molecular complexity index is 618. The summed E-state index contributed by atoms with van der Waals surface area (Å²) in [5.41, 5.74) is -2.60. The monoisotopic (exact) mass is 278 g/mol. The zero-order valence-electron chi connectivity index (χ0n) is 8.95. The molecule has 0 saturated heterocycles. The lowest BCUT2D eigenvalue weighted by Crippen LogP contribution is -2.05. The quantitative estimate of drug-likeness (QED) is 0.476. The molecule has 0 radical (unpaired) electrons. The predicted octanol–water partition coefficient (Wildman–Crippen LogP) is 3.89. The summed E-state index contributed by atoms with van der Waals surface area (Å²) >= 11 is 0. The van der Waals surface area contributed by atoms with Crippen LogP contribution >= 0.6 is 0 Å². The highest BCUT2D eigenvalue weighted by Crippen LogP contribution is 2.37. The van der Waals surface area contributed by atoms with Gasteiger partial charge in [-0.2, -0.15) is 0 Å². The molecular weight excluding hydrogens is 274 g/mol. The molecule has 1 N–H and O–H groups in total. The van der Waals surface area contributed by atoms with Gasteiger partial charge in [-0.25, -0.2) is 26.3 Å². The Hall–Kier alpha value is -2.18. The fraction of sp³-hybridized carbons (Fsp3) is 0. The Morgan fingerprint density at radius 3 is 1.58 bits per heavy atom. The number of aromatic hydroxyl groups is 1. The molecule has 2 aromatic carbocycles. The van der Waals surface area contributed by atoms with Crippen LogP contribution in [0.5, 0.6) is 5.75 Å². The molecule has 0 aromatic heterocycles. The number of phenols is 1. The molecule has 0 aliphatic carbocycles. The normalized spacial score (nSPS) is 10.8. The Kier molecular flexibility index (Phi) is 3.13. The van der Waals surface area contributed by atoms with Crippen molar-refractivity contribution in [3.8, 4) is 16.9 Å². The number of halogens is 6. The smallest absolute Gasteiger partial charge is 0.200 e. The van der Waals surface area contributed by atoms with E-state index in [1.807, 2.05) is 0 Å². The van der Waals surface area contributed by atoms with Crippen molar-refractivity contribution in [2.24, 2.45) is 0 Å². The van der Waals surface area contributed by atoms with E-state index in [2.05, 4.69) is 0 Å². The molecule has 0 bridgehead atoms. The van der Waals surface area contributed by atoms with Gasteiger partial charge in [-0.1, -0.05) is 6.07 Å². The van der Waals surface area contributed by atoms with Gasteiger partial charge in [0.05, 0.1) is 11.1 Å². The second-order valence-electron chi connectivity index (χ2n) is 3.58. The van der Waals surface area contributed by atoms with Crippen molar-refractivity contribution in [1.82, 2.24) is 0 Å². The van der Waals surface area contributed by atoms with Gasteiger partial charge in [0.1, 0.15) is 11.6 Å². The zero-order chi connectivity index (χ0) is 14.3. The third-order valence-electron chi connectivity index (χ3n) is 2.45. The van der Waals surface area contributed by atoms with Gasteiger partial charge < -0.3 is 5.11 Å². The molecule has 100 valence electrons. The molecular formula is C12H4F6O. The first-order valence-electron chi connectivity index (χ1n) is 4.85. The van der Waals surface area contributed by atoms with Crippen molar-refractivity contribution in [1.29, 1.82) is 0 Å². The fourth-order valence-corrected chi connectivity index (χ4v) is 1.58. The summed E-state index contributed by atoms with van der Waals surface area (Å²) in [5, 5.41) is 9.33. The third kappa shape index (κ3) is 1.91.